The van der Waals surface area contributed by atoms with E-state index in [-0.39, 0.29) is 17.9 Å². The summed E-state index contributed by atoms with van der Waals surface area (Å²) in [5, 5.41) is 3.62. The largest absolute Gasteiger partial charge is 0.489 e. The molecule has 2 unspecified atom stereocenters. The number of ether oxygens (including phenoxy) is 2. The number of pyridine rings is 2. The Morgan fingerprint density at radius 3 is 2.65 bits per heavy atom. The van der Waals surface area contributed by atoms with Crippen LogP contribution in [-0.4, -0.2) is 29.0 Å². The van der Waals surface area contributed by atoms with Gasteiger partial charge in [0.05, 0.1) is 5.52 Å². The molecule has 0 spiro atoms. The highest BCUT2D eigenvalue weighted by Crippen LogP contribution is 2.42. The first-order chi connectivity index (χ1) is 15.1. The van der Waals surface area contributed by atoms with E-state index in [1.165, 1.54) is 0 Å². The number of fused-ring (bicyclic) bond motifs is 2. The highest BCUT2D eigenvalue weighted by Gasteiger charge is 2.36. The van der Waals surface area contributed by atoms with Crippen LogP contribution in [0.1, 0.15) is 18.4 Å². The van der Waals surface area contributed by atoms with E-state index in [1.54, 1.807) is 25.6 Å². The zero-order chi connectivity index (χ0) is 21.4. The van der Waals surface area contributed by atoms with Gasteiger partial charge in [-0.1, -0.05) is 12.1 Å². The third-order valence-corrected chi connectivity index (χ3v) is 5.57. The molecule has 0 radical (unpaired) electrons. The van der Waals surface area contributed by atoms with Crippen LogP contribution in [0.15, 0.2) is 73.2 Å². The van der Waals surface area contributed by atoms with Crippen molar-refractivity contribution in [2.45, 2.75) is 18.9 Å². The summed E-state index contributed by atoms with van der Waals surface area (Å²) < 4.78 is 12.2. The van der Waals surface area contributed by atoms with Gasteiger partial charge in [-0.3, -0.25) is 14.8 Å². The average Bonchev–Trinajstić information content (AvgIpc) is 3.14. The maximum atomic E-state index is 12.2. The number of hydrogen-bond acceptors (Lipinski definition) is 5. The molecule has 0 aliphatic carbocycles. The molecule has 2 aromatic heterocycles. The minimum atomic E-state index is -0.321. The third-order valence-electron chi connectivity index (χ3n) is 5.57. The van der Waals surface area contributed by atoms with E-state index >= 15 is 0 Å². The predicted molar refractivity (Wildman–Crippen MR) is 118 cm³/mol. The van der Waals surface area contributed by atoms with Crippen LogP contribution in [0, 0.1) is 0 Å². The zero-order valence-electron chi connectivity index (χ0n) is 17.2. The van der Waals surface area contributed by atoms with Crippen LogP contribution in [-0.2, 0) is 4.79 Å². The van der Waals surface area contributed by atoms with Gasteiger partial charge in [0, 0.05) is 42.7 Å². The normalized spacial score (nSPS) is 17.1. The molecule has 31 heavy (non-hydrogen) atoms. The van der Waals surface area contributed by atoms with Gasteiger partial charge >= 0.3 is 0 Å². The Bertz CT molecular complexity index is 1270. The van der Waals surface area contributed by atoms with Crippen molar-refractivity contribution in [3.63, 3.8) is 0 Å². The van der Waals surface area contributed by atoms with E-state index < -0.39 is 0 Å². The molecule has 2 atom stereocenters. The van der Waals surface area contributed by atoms with E-state index in [0.29, 0.717) is 17.2 Å². The first-order valence-corrected chi connectivity index (χ1v) is 10.1. The number of rotatable bonds is 4. The van der Waals surface area contributed by atoms with Gasteiger partial charge < -0.3 is 14.8 Å². The van der Waals surface area contributed by atoms with Gasteiger partial charge in [0.2, 0.25) is 5.91 Å². The molecule has 5 rings (SSSR count). The van der Waals surface area contributed by atoms with Crippen LogP contribution in [0.25, 0.3) is 22.0 Å². The number of hydrogen-bond donors (Lipinski definition) is 1. The molecule has 1 amide bonds. The van der Waals surface area contributed by atoms with Crippen LogP contribution in [0.2, 0.25) is 0 Å². The summed E-state index contributed by atoms with van der Waals surface area (Å²) in [6.07, 6.45) is 5.06. The fourth-order valence-electron chi connectivity index (χ4n) is 4.03. The Morgan fingerprint density at radius 2 is 1.84 bits per heavy atom. The summed E-state index contributed by atoms with van der Waals surface area (Å²) in [6.45, 7) is 1.90. The second-order valence-corrected chi connectivity index (χ2v) is 7.49. The molecule has 0 saturated heterocycles. The van der Waals surface area contributed by atoms with Crippen LogP contribution in [0.5, 0.6) is 17.2 Å². The smallest absolute Gasteiger partial charge is 0.231 e. The fraction of sp³-hybridized carbons (Fsp3) is 0.160. The Kier molecular flexibility index (Phi) is 4.75. The number of carbonyl (C=O) groups is 1. The second kappa shape index (κ2) is 7.72. The van der Waals surface area contributed by atoms with Gasteiger partial charge in [-0.05, 0) is 54.4 Å². The lowest BCUT2D eigenvalue weighted by Gasteiger charge is -2.12. The van der Waals surface area contributed by atoms with E-state index in [0.717, 1.165) is 27.6 Å². The van der Waals surface area contributed by atoms with Gasteiger partial charge in [0.15, 0.2) is 0 Å². The number of nitrogens with zero attached hydrogens (tertiary/aromatic N) is 2. The number of likely N-dealkylation sites (N-methyl/N-ethyl adjacent to an activating group) is 1. The summed E-state index contributed by atoms with van der Waals surface area (Å²) in [6, 6.07) is 17.5. The van der Waals surface area contributed by atoms with Crippen molar-refractivity contribution in [3.05, 3.63) is 78.8 Å². The molecule has 6 heteroatoms. The van der Waals surface area contributed by atoms with Crippen molar-refractivity contribution in [2.24, 2.45) is 0 Å². The summed E-state index contributed by atoms with van der Waals surface area (Å²) in [5.74, 6) is 1.65. The fourth-order valence-corrected chi connectivity index (χ4v) is 4.03. The highest BCUT2D eigenvalue weighted by atomic mass is 16.5. The molecule has 0 bridgehead atoms. The molecule has 6 nitrogen and oxygen atoms in total. The summed E-state index contributed by atoms with van der Waals surface area (Å²) in [5.41, 5.74) is 3.86. The van der Waals surface area contributed by atoms with Gasteiger partial charge in [-0.25, -0.2) is 0 Å². The number of benzene rings is 2. The Balaban J connectivity index is 1.50. The average molecular weight is 411 g/mol. The van der Waals surface area contributed by atoms with E-state index in [9.17, 15) is 4.79 Å². The number of nitrogens with one attached hydrogen (secondary N) is 1. The Labute approximate surface area is 179 Å². The number of amides is 1. The maximum absolute atomic E-state index is 12.2. The lowest BCUT2D eigenvalue weighted by atomic mass is 9.95. The van der Waals surface area contributed by atoms with E-state index in [1.807, 2.05) is 55.5 Å². The van der Waals surface area contributed by atoms with Crippen LogP contribution < -0.4 is 14.8 Å². The first-order valence-electron chi connectivity index (χ1n) is 10.1. The zero-order valence-corrected chi connectivity index (χ0v) is 17.2. The summed E-state index contributed by atoms with van der Waals surface area (Å²) in [4.78, 5) is 20.8. The van der Waals surface area contributed by atoms with Crippen LogP contribution in [0.4, 0.5) is 0 Å². The maximum Gasteiger partial charge on any atom is 0.231 e. The van der Waals surface area contributed by atoms with Gasteiger partial charge in [-0.2, -0.15) is 0 Å². The monoisotopic (exact) mass is 411 g/mol. The first kappa shape index (κ1) is 19.1. The lowest BCUT2D eigenvalue weighted by molar-refractivity contribution is -0.123. The standard InChI is InChI=1S/C25H21N3O3/c1-15-24(25(29)26-2)19-5-4-18(14-23(19)30-15)31-22-9-12-28-21-6-3-17(13-20(21)22)16-7-10-27-11-8-16/h3-15,24H,1-2H3,(H,26,29). The van der Waals surface area contributed by atoms with Gasteiger partial charge in [0.1, 0.15) is 29.3 Å². The van der Waals surface area contributed by atoms with Crippen molar-refractivity contribution in [2.75, 3.05) is 7.05 Å². The second-order valence-electron chi connectivity index (χ2n) is 7.49. The van der Waals surface area contributed by atoms with Crippen LogP contribution in [0.3, 0.4) is 0 Å². The minimum Gasteiger partial charge on any atom is -0.489 e. The minimum absolute atomic E-state index is 0.0521. The molecule has 154 valence electrons. The lowest BCUT2D eigenvalue weighted by Crippen LogP contribution is -2.31. The molecule has 4 aromatic rings. The molecule has 0 fully saturated rings. The van der Waals surface area contributed by atoms with Crippen molar-refractivity contribution < 1.29 is 14.3 Å². The molecular weight excluding hydrogens is 390 g/mol. The molecule has 1 N–H and O–H groups in total. The highest BCUT2D eigenvalue weighted by molar-refractivity contribution is 5.89. The van der Waals surface area contributed by atoms with Gasteiger partial charge in [0.25, 0.3) is 0 Å². The number of aromatic nitrogens is 2. The SMILES string of the molecule is CNC(=O)C1c2ccc(Oc3ccnc4ccc(-c5ccncc5)cc34)cc2OC1C. The third kappa shape index (κ3) is 3.46. The molecule has 2 aromatic carbocycles. The summed E-state index contributed by atoms with van der Waals surface area (Å²) in [7, 11) is 1.64. The molecule has 3 heterocycles. The van der Waals surface area contributed by atoms with E-state index in [4.69, 9.17) is 9.47 Å². The molecular formula is C25H21N3O3. The van der Waals surface area contributed by atoms with Crippen LogP contribution >= 0.6 is 0 Å². The Morgan fingerprint density at radius 1 is 1.00 bits per heavy atom. The molecule has 0 saturated carbocycles. The molecule has 1 aliphatic rings. The quantitative estimate of drug-likeness (QED) is 0.527. The molecule has 1 aliphatic heterocycles. The topological polar surface area (TPSA) is 73.3 Å². The predicted octanol–water partition coefficient (Wildman–Crippen LogP) is 4.70. The number of carbonyl (C=O) groups excluding carboxylic acids is 1. The van der Waals surface area contributed by atoms with E-state index in [2.05, 4.69) is 21.4 Å². The van der Waals surface area contributed by atoms with Crippen molar-refractivity contribution >= 4 is 16.8 Å². The van der Waals surface area contributed by atoms with Crippen molar-refractivity contribution in [1.82, 2.24) is 15.3 Å². The van der Waals surface area contributed by atoms with Crippen molar-refractivity contribution in [1.29, 1.82) is 0 Å². The van der Waals surface area contributed by atoms with Gasteiger partial charge in [-0.15, -0.1) is 0 Å². The Hall–Kier alpha value is -3.93. The van der Waals surface area contributed by atoms with Crippen molar-refractivity contribution in [3.8, 4) is 28.4 Å². The summed E-state index contributed by atoms with van der Waals surface area (Å²) >= 11 is 0.